The molecular formula is C29H31F9N4O6S. The van der Waals surface area contributed by atoms with Gasteiger partial charge in [-0.15, -0.1) is 11.3 Å². The van der Waals surface area contributed by atoms with E-state index in [2.05, 4.69) is 77.0 Å². The predicted octanol–water partition coefficient (Wildman–Crippen LogP) is 6.26. The highest BCUT2D eigenvalue weighted by Gasteiger charge is 2.46. The van der Waals surface area contributed by atoms with E-state index in [1.54, 1.807) is 0 Å². The monoisotopic (exact) mass is 734 g/mol. The van der Waals surface area contributed by atoms with Gasteiger partial charge in [-0.2, -0.15) is 39.5 Å². The number of imidazole rings is 1. The summed E-state index contributed by atoms with van der Waals surface area (Å²) in [7, 11) is 2.29. The van der Waals surface area contributed by atoms with Crippen LogP contribution >= 0.6 is 11.3 Å². The molecule has 0 saturated carbocycles. The third kappa shape index (κ3) is 11.7. The van der Waals surface area contributed by atoms with Crippen molar-refractivity contribution >= 4 is 29.2 Å². The number of likely N-dealkylation sites (tertiary alicyclic amines) is 1. The first-order chi connectivity index (χ1) is 22.5. The average Bonchev–Trinajstić information content (AvgIpc) is 3.62. The molecule has 0 unspecified atom stereocenters. The molecule has 49 heavy (non-hydrogen) atoms. The Labute approximate surface area is 277 Å². The normalized spacial score (nSPS) is 16.1. The molecule has 2 aromatic heterocycles. The van der Waals surface area contributed by atoms with Crippen molar-refractivity contribution in [1.29, 1.82) is 0 Å². The lowest BCUT2D eigenvalue weighted by Gasteiger charge is -2.49. The predicted molar refractivity (Wildman–Crippen MR) is 157 cm³/mol. The molecule has 1 saturated heterocycles. The summed E-state index contributed by atoms with van der Waals surface area (Å²) < 4.78 is 97.7. The van der Waals surface area contributed by atoms with E-state index < -0.39 is 36.4 Å². The smallest absolute Gasteiger partial charge is 0.475 e. The Morgan fingerprint density at radius 2 is 1.24 bits per heavy atom. The standard InChI is InChI=1S/C23H28N4S.3C2HF3O2/c1-18-8-9-20(28-18)17-26-12-10-23(11-13-26)22-24-16-21(19-6-4-3-5-7-19)27(22)15-14-25(23)2;3*3-2(4,5)1(6)7/h3-9,16H,10-15,17H2,1-2H3;3*(H,6,7). The van der Waals surface area contributed by atoms with Gasteiger partial charge in [-0.05, 0) is 44.5 Å². The second kappa shape index (κ2) is 16.5. The number of hydrogen-bond donors (Lipinski definition) is 3. The molecule has 20 heteroatoms. The average molecular weight is 735 g/mol. The van der Waals surface area contributed by atoms with Gasteiger partial charge in [0.25, 0.3) is 0 Å². The molecule has 1 spiro atoms. The van der Waals surface area contributed by atoms with Crippen LogP contribution in [0.1, 0.15) is 28.4 Å². The number of aromatic nitrogens is 2. The molecule has 0 aliphatic carbocycles. The van der Waals surface area contributed by atoms with Crippen molar-refractivity contribution in [2.45, 2.75) is 56.9 Å². The molecule has 3 N–H and O–H groups in total. The van der Waals surface area contributed by atoms with Crippen molar-refractivity contribution in [3.8, 4) is 11.3 Å². The second-order valence-corrected chi connectivity index (χ2v) is 12.0. The van der Waals surface area contributed by atoms with E-state index in [4.69, 9.17) is 34.7 Å². The molecule has 0 amide bonds. The van der Waals surface area contributed by atoms with Crippen molar-refractivity contribution in [3.63, 3.8) is 0 Å². The number of hydrogen-bond acceptors (Lipinski definition) is 7. The zero-order valence-corrected chi connectivity index (χ0v) is 26.6. The van der Waals surface area contributed by atoms with Crippen LogP contribution < -0.4 is 0 Å². The Hall–Kier alpha value is -4.17. The van der Waals surface area contributed by atoms with Gasteiger partial charge in [-0.1, -0.05) is 30.3 Å². The molecule has 5 rings (SSSR count). The first-order valence-electron chi connectivity index (χ1n) is 14.0. The van der Waals surface area contributed by atoms with E-state index in [9.17, 15) is 39.5 Å². The molecule has 1 aromatic carbocycles. The van der Waals surface area contributed by atoms with Crippen LogP contribution in [0.2, 0.25) is 0 Å². The van der Waals surface area contributed by atoms with E-state index in [1.165, 1.54) is 26.8 Å². The summed E-state index contributed by atoms with van der Waals surface area (Å²) in [5.74, 6) is -7.00. The number of aliphatic carboxylic acids is 3. The van der Waals surface area contributed by atoms with E-state index in [0.717, 1.165) is 45.6 Å². The van der Waals surface area contributed by atoms with Gasteiger partial charge in [0.05, 0.1) is 17.4 Å². The molecule has 4 heterocycles. The van der Waals surface area contributed by atoms with Gasteiger partial charge in [0.1, 0.15) is 5.82 Å². The molecular weight excluding hydrogens is 703 g/mol. The number of aryl methyl sites for hydroxylation is 1. The highest BCUT2D eigenvalue weighted by atomic mass is 32.1. The van der Waals surface area contributed by atoms with E-state index in [0.29, 0.717) is 0 Å². The molecule has 2 aliphatic rings. The maximum Gasteiger partial charge on any atom is 0.490 e. The Morgan fingerprint density at radius 3 is 1.65 bits per heavy atom. The van der Waals surface area contributed by atoms with E-state index in [1.807, 2.05) is 11.3 Å². The third-order valence-electron chi connectivity index (χ3n) is 7.32. The summed E-state index contributed by atoms with van der Waals surface area (Å²) in [5.41, 5.74) is 2.61. The van der Waals surface area contributed by atoms with Crippen LogP contribution in [-0.2, 0) is 33.0 Å². The van der Waals surface area contributed by atoms with Gasteiger partial charge >= 0.3 is 36.4 Å². The number of alkyl halides is 9. The van der Waals surface area contributed by atoms with Crippen LogP contribution in [-0.4, -0.2) is 97.8 Å². The second-order valence-electron chi connectivity index (χ2n) is 10.6. The molecule has 0 radical (unpaired) electrons. The summed E-state index contributed by atoms with van der Waals surface area (Å²) in [6, 6.07) is 15.2. The number of halogens is 9. The minimum absolute atomic E-state index is 0.0765. The quantitative estimate of drug-likeness (QED) is 0.267. The van der Waals surface area contributed by atoms with Gasteiger partial charge in [0.2, 0.25) is 0 Å². The number of carbonyl (C=O) groups is 3. The van der Waals surface area contributed by atoms with Crippen molar-refractivity contribution in [1.82, 2.24) is 19.4 Å². The summed E-state index contributed by atoms with van der Waals surface area (Å²) in [4.78, 5) is 39.7. The number of fused-ring (bicyclic) bond motifs is 2. The lowest BCUT2D eigenvalue weighted by atomic mass is 9.83. The van der Waals surface area contributed by atoms with E-state index in [-0.39, 0.29) is 5.54 Å². The first-order valence-corrected chi connectivity index (χ1v) is 14.8. The lowest BCUT2D eigenvalue weighted by molar-refractivity contribution is -0.193. The third-order valence-corrected chi connectivity index (χ3v) is 8.30. The van der Waals surface area contributed by atoms with Crippen LogP contribution in [0.25, 0.3) is 11.3 Å². The summed E-state index contributed by atoms with van der Waals surface area (Å²) in [6.07, 6.45) is -10.9. The van der Waals surface area contributed by atoms with E-state index >= 15 is 0 Å². The lowest BCUT2D eigenvalue weighted by Crippen LogP contribution is -2.56. The molecule has 10 nitrogen and oxygen atoms in total. The van der Waals surface area contributed by atoms with Gasteiger partial charge in [0, 0.05) is 42.5 Å². The first kappa shape index (κ1) is 41.0. The molecule has 0 atom stereocenters. The van der Waals surface area contributed by atoms with Crippen LogP contribution in [0.15, 0.2) is 48.7 Å². The Morgan fingerprint density at radius 1 is 0.776 bits per heavy atom. The zero-order valence-electron chi connectivity index (χ0n) is 25.7. The Kier molecular flexibility index (Phi) is 13.8. The Balaban J connectivity index is 0.000000325. The molecule has 0 bridgehead atoms. The largest absolute Gasteiger partial charge is 0.490 e. The fourth-order valence-electron chi connectivity index (χ4n) is 4.92. The number of benzene rings is 1. The summed E-state index contributed by atoms with van der Waals surface area (Å²) >= 11 is 1.93. The minimum atomic E-state index is -5.08. The van der Waals surface area contributed by atoms with Gasteiger partial charge in [0.15, 0.2) is 0 Å². The summed E-state index contributed by atoms with van der Waals surface area (Å²) in [5, 5.41) is 21.4. The highest BCUT2D eigenvalue weighted by molar-refractivity contribution is 7.11. The van der Waals surface area contributed by atoms with Crippen LogP contribution in [0.3, 0.4) is 0 Å². The fraction of sp³-hybridized carbons (Fsp3) is 0.448. The van der Waals surface area contributed by atoms with Gasteiger partial charge in [-0.3, -0.25) is 9.80 Å². The van der Waals surface area contributed by atoms with Crippen LogP contribution in [0.4, 0.5) is 39.5 Å². The van der Waals surface area contributed by atoms with Crippen LogP contribution in [0.5, 0.6) is 0 Å². The molecule has 2 aliphatic heterocycles. The van der Waals surface area contributed by atoms with Crippen LogP contribution in [0, 0.1) is 6.92 Å². The number of carboxylic acids is 3. The Bertz CT molecular complexity index is 1490. The molecule has 272 valence electrons. The van der Waals surface area contributed by atoms with Crippen molar-refractivity contribution in [3.05, 3.63) is 64.2 Å². The topological polar surface area (TPSA) is 136 Å². The van der Waals surface area contributed by atoms with Crippen molar-refractivity contribution in [2.24, 2.45) is 0 Å². The minimum Gasteiger partial charge on any atom is -0.475 e. The van der Waals surface area contributed by atoms with Gasteiger partial charge in [-0.25, -0.2) is 19.4 Å². The summed E-state index contributed by atoms with van der Waals surface area (Å²) in [6.45, 7) is 7.66. The molecule has 1 fully saturated rings. The number of carboxylic acid groups (broad SMARTS) is 3. The van der Waals surface area contributed by atoms with Crippen molar-refractivity contribution < 1.29 is 69.2 Å². The SMILES string of the molecule is Cc1ccc(CN2CCC3(CC2)c2ncc(-c4ccccc4)n2CCN3C)s1.O=C(O)C(F)(F)F.O=C(O)C(F)(F)F.O=C(O)C(F)(F)F. The number of likely N-dealkylation sites (N-methyl/N-ethyl adjacent to an activating group) is 1. The molecule has 3 aromatic rings. The number of thiophene rings is 1. The number of nitrogens with zero attached hydrogens (tertiary/aromatic N) is 4. The fourth-order valence-corrected chi connectivity index (χ4v) is 5.86. The number of piperidine rings is 1. The highest BCUT2D eigenvalue weighted by Crippen LogP contribution is 2.42. The maximum absolute atomic E-state index is 10.6. The van der Waals surface area contributed by atoms with Crippen molar-refractivity contribution in [2.75, 3.05) is 26.7 Å². The maximum atomic E-state index is 10.6. The van der Waals surface area contributed by atoms with Gasteiger partial charge < -0.3 is 19.9 Å². The zero-order chi connectivity index (χ0) is 37.4. The number of rotatable bonds is 3.